The molecule has 0 aromatic carbocycles. The number of carbonyl (C=O) groups is 1. The Labute approximate surface area is 115 Å². The number of nitrogen functional groups attached to an aromatic ring is 1. The average Bonchev–Trinajstić information content (AvgIpc) is 2.47. The molecule has 0 bridgehead atoms. The van der Waals surface area contributed by atoms with Gasteiger partial charge in [-0.25, -0.2) is 15.2 Å². The van der Waals surface area contributed by atoms with Crippen LogP contribution < -0.4 is 21.5 Å². The number of rotatable bonds is 2. The number of anilines is 2. The largest absolute Gasteiger partial charge is 0.354 e. The number of nitrogens with zero attached hydrogens (tertiary/aromatic N) is 3. The minimum Gasteiger partial charge on any atom is -0.354 e. The number of amides is 1. The van der Waals surface area contributed by atoms with E-state index in [0.29, 0.717) is 25.4 Å². The van der Waals surface area contributed by atoms with Gasteiger partial charge in [-0.05, 0) is 18.8 Å². The predicted octanol–water partition coefficient (Wildman–Crippen LogP) is 0.00620. The summed E-state index contributed by atoms with van der Waals surface area (Å²) in [5.74, 6) is 5.71. The molecule has 1 aromatic rings. The number of nitrogens with two attached hydrogens (primary N) is 1. The van der Waals surface area contributed by atoms with Gasteiger partial charge >= 0.3 is 0 Å². The topological polar surface area (TPSA) is 96.2 Å². The van der Waals surface area contributed by atoms with E-state index in [1.165, 1.54) is 0 Å². The van der Waals surface area contributed by atoms with Gasteiger partial charge in [0.25, 0.3) is 0 Å². The molecule has 0 radical (unpaired) electrons. The third-order valence-electron chi connectivity index (χ3n) is 3.98. The van der Waals surface area contributed by atoms with E-state index in [2.05, 4.69) is 20.7 Å². The summed E-state index contributed by atoms with van der Waals surface area (Å²) in [6.45, 7) is 1.34. The van der Waals surface area contributed by atoms with Crippen molar-refractivity contribution in [3.05, 3.63) is 12.0 Å². The van der Waals surface area contributed by atoms with Crippen LogP contribution in [0.4, 0.5) is 16.2 Å². The molecule has 0 aliphatic carbocycles. The molecule has 2 unspecified atom stereocenters. The molecule has 0 spiro atoms. The van der Waals surface area contributed by atoms with E-state index < -0.39 is 5.82 Å². The molecule has 2 fully saturated rings. The van der Waals surface area contributed by atoms with Crippen molar-refractivity contribution >= 4 is 17.7 Å². The van der Waals surface area contributed by atoms with Crippen molar-refractivity contribution in [2.24, 2.45) is 11.8 Å². The fraction of sp³-hybridized carbons (Fsp3) is 0.583. The van der Waals surface area contributed by atoms with E-state index in [0.717, 1.165) is 19.0 Å². The summed E-state index contributed by atoms with van der Waals surface area (Å²) in [6, 6.07) is 0.199. The smallest absolute Gasteiger partial charge is 0.239 e. The lowest BCUT2D eigenvalue weighted by atomic mass is 9.85. The maximum atomic E-state index is 13.9. The zero-order chi connectivity index (χ0) is 14.1. The summed E-state index contributed by atoms with van der Waals surface area (Å²) in [7, 11) is 0. The maximum Gasteiger partial charge on any atom is 0.239 e. The number of fused-ring (bicyclic) bond motifs is 1. The quantitative estimate of drug-likeness (QED) is 0.521. The molecular weight excluding hydrogens is 263 g/mol. The first-order chi connectivity index (χ1) is 9.67. The third kappa shape index (κ3) is 2.38. The molecule has 2 saturated heterocycles. The molecule has 20 heavy (non-hydrogen) atoms. The van der Waals surface area contributed by atoms with Crippen LogP contribution in [-0.2, 0) is 4.79 Å². The van der Waals surface area contributed by atoms with Gasteiger partial charge in [-0.3, -0.25) is 10.2 Å². The molecule has 108 valence electrons. The molecule has 2 aliphatic rings. The van der Waals surface area contributed by atoms with Crippen molar-refractivity contribution in [3.8, 4) is 0 Å². The van der Waals surface area contributed by atoms with Gasteiger partial charge in [0.15, 0.2) is 11.6 Å². The summed E-state index contributed by atoms with van der Waals surface area (Å²) in [5.41, 5.74) is 2.32. The third-order valence-corrected chi connectivity index (χ3v) is 3.98. The number of aromatic nitrogens is 2. The number of halogens is 1. The standard InChI is InChI=1S/C12H17FN6O/c13-8-5-15-12(18-14)17-11(8)19-4-3-9-7(6-19)1-2-10(20)16-9/h5,7,9H,1-4,6,14H2,(H,16,20)(H,15,17,18). The first-order valence-electron chi connectivity index (χ1n) is 6.71. The first kappa shape index (κ1) is 13.0. The SMILES string of the molecule is NNc1ncc(F)c(N2CCC3NC(=O)CCC3C2)n1. The summed E-state index contributed by atoms with van der Waals surface area (Å²) < 4.78 is 13.9. The van der Waals surface area contributed by atoms with Crippen LogP contribution >= 0.6 is 0 Å². The Kier molecular flexibility index (Phi) is 3.39. The Morgan fingerprint density at radius 3 is 3.15 bits per heavy atom. The van der Waals surface area contributed by atoms with Crippen LogP contribution in [0.2, 0.25) is 0 Å². The maximum absolute atomic E-state index is 13.9. The Bertz CT molecular complexity index is 525. The predicted molar refractivity (Wildman–Crippen MR) is 71.3 cm³/mol. The van der Waals surface area contributed by atoms with E-state index in [9.17, 15) is 9.18 Å². The van der Waals surface area contributed by atoms with E-state index >= 15 is 0 Å². The normalized spacial score (nSPS) is 25.9. The second-order valence-electron chi connectivity index (χ2n) is 5.22. The second kappa shape index (κ2) is 5.20. The summed E-state index contributed by atoms with van der Waals surface area (Å²) in [4.78, 5) is 21.1. The summed E-state index contributed by atoms with van der Waals surface area (Å²) in [5, 5.41) is 3.00. The van der Waals surface area contributed by atoms with Crippen LogP contribution in [0.25, 0.3) is 0 Å². The lowest BCUT2D eigenvalue weighted by Crippen LogP contribution is -2.54. The van der Waals surface area contributed by atoms with Crippen LogP contribution in [-0.4, -0.2) is 35.0 Å². The van der Waals surface area contributed by atoms with Crippen molar-refractivity contribution in [1.29, 1.82) is 0 Å². The molecule has 2 aliphatic heterocycles. The molecule has 4 N–H and O–H groups in total. The lowest BCUT2D eigenvalue weighted by molar-refractivity contribution is -0.124. The van der Waals surface area contributed by atoms with Crippen molar-refractivity contribution < 1.29 is 9.18 Å². The number of nitrogens with one attached hydrogen (secondary N) is 2. The highest BCUT2D eigenvalue weighted by Gasteiger charge is 2.34. The van der Waals surface area contributed by atoms with Crippen LogP contribution in [0.3, 0.4) is 0 Å². The molecule has 2 atom stereocenters. The van der Waals surface area contributed by atoms with Gasteiger partial charge in [0, 0.05) is 25.6 Å². The Balaban J connectivity index is 1.77. The highest BCUT2D eigenvalue weighted by molar-refractivity contribution is 5.77. The number of hydrogen-bond acceptors (Lipinski definition) is 6. The van der Waals surface area contributed by atoms with Crippen LogP contribution in [0, 0.1) is 11.7 Å². The highest BCUT2D eigenvalue weighted by Crippen LogP contribution is 2.29. The molecule has 3 rings (SSSR count). The van der Waals surface area contributed by atoms with Crippen LogP contribution in [0.1, 0.15) is 19.3 Å². The zero-order valence-corrected chi connectivity index (χ0v) is 11.0. The Morgan fingerprint density at radius 1 is 1.50 bits per heavy atom. The average molecular weight is 280 g/mol. The molecule has 0 saturated carbocycles. The molecule has 1 amide bonds. The summed E-state index contributed by atoms with van der Waals surface area (Å²) in [6.07, 6.45) is 3.29. The van der Waals surface area contributed by atoms with E-state index in [1.807, 2.05) is 4.90 Å². The first-order valence-corrected chi connectivity index (χ1v) is 6.71. The monoisotopic (exact) mass is 280 g/mol. The van der Waals surface area contributed by atoms with Gasteiger partial charge < -0.3 is 10.2 Å². The van der Waals surface area contributed by atoms with Crippen molar-refractivity contribution in [3.63, 3.8) is 0 Å². The number of hydrogen-bond donors (Lipinski definition) is 3. The van der Waals surface area contributed by atoms with Crippen LogP contribution in [0.15, 0.2) is 6.20 Å². The van der Waals surface area contributed by atoms with E-state index in [4.69, 9.17) is 5.84 Å². The zero-order valence-electron chi connectivity index (χ0n) is 11.0. The van der Waals surface area contributed by atoms with Gasteiger partial charge in [-0.15, -0.1) is 0 Å². The summed E-state index contributed by atoms with van der Waals surface area (Å²) >= 11 is 0. The molecule has 8 heteroatoms. The van der Waals surface area contributed by atoms with E-state index in [1.54, 1.807) is 0 Å². The van der Waals surface area contributed by atoms with Gasteiger partial charge in [0.2, 0.25) is 11.9 Å². The van der Waals surface area contributed by atoms with Crippen molar-refractivity contribution in [2.75, 3.05) is 23.4 Å². The molecule has 1 aromatic heterocycles. The molecular formula is C12H17FN6O. The van der Waals surface area contributed by atoms with E-state index in [-0.39, 0.29) is 23.7 Å². The van der Waals surface area contributed by atoms with Crippen molar-refractivity contribution in [1.82, 2.24) is 15.3 Å². The minimum absolute atomic E-state index is 0.113. The molecule has 7 nitrogen and oxygen atoms in total. The number of piperidine rings is 2. The molecule has 3 heterocycles. The van der Waals surface area contributed by atoms with Crippen molar-refractivity contribution in [2.45, 2.75) is 25.3 Å². The fourth-order valence-electron chi connectivity index (χ4n) is 2.95. The van der Waals surface area contributed by atoms with Crippen LogP contribution in [0.5, 0.6) is 0 Å². The number of carbonyl (C=O) groups excluding carboxylic acids is 1. The van der Waals surface area contributed by atoms with Gasteiger partial charge in [0.05, 0.1) is 6.20 Å². The van der Waals surface area contributed by atoms with Gasteiger partial charge in [0.1, 0.15) is 0 Å². The Hall–Kier alpha value is -1.96. The van der Waals surface area contributed by atoms with Gasteiger partial charge in [-0.1, -0.05) is 0 Å². The lowest BCUT2D eigenvalue weighted by Gasteiger charge is -2.41. The fourth-order valence-corrected chi connectivity index (χ4v) is 2.95. The number of hydrazine groups is 1. The minimum atomic E-state index is -0.456. The second-order valence-corrected chi connectivity index (χ2v) is 5.22. The highest BCUT2D eigenvalue weighted by atomic mass is 19.1. The van der Waals surface area contributed by atoms with Gasteiger partial charge in [-0.2, -0.15) is 4.98 Å². The Morgan fingerprint density at radius 2 is 2.35 bits per heavy atom.